The molecule has 0 unspecified atom stereocenters. The van der Waals surface area contributed by atoms with E-state index in [1.807, 2.05) is 0 Å². The molecule has 3 N–H and O–H groups in total. The van der Waals surface area contributed by atoms with Gasteiger partial charge in [-0.05, 0) is 6.07 Å². The molecule has 0 saturated carbocycles. The van der Waals surface area contributed by atoms with Crippen molar-refractivity contribution in [2.45, 2.75) is 6.18 Å². The lowest BCUT2D eigenvalue weighted by atomic mass is 10.1. The molecular formula is C11H12F3NO2. The molecule has 0 spiro atoms. The quantitative estimate of drug-likeness (QED) is 0.862. The molecule has 0 saturated heterocycles. The summed E-state index contributed by atoms with van der Waals surface area (Å²) in [6, 6.07) is 2.02. The Morgan fingerprint density at radius 2 is 2.06 bits per heavy atom. The van der Waals surface area contributed by atoms with E-state index in [4.69, 9.17) is 5.73 Å². The highest BCUT2D eigenvalue weighted by Gasteiger charge is 2.35. The summed E-state index contributed by atoms with van der Waals surface area (Å²) in [5.41, 5.74) is 4.43. The standard InChI is InChI=1S/C11H12F3NO2/c1-17-10-8(11(12,13)14)5-4-7(9(10)16)3-2-6-15/h2-5,16H,6,15H2,1H3/b3-2+. The van der Waals surface area contributed by atoms with E-state index in [9.17, 15) is 18.3 Å². The average molecular weight is 247 g/mol. The lowest BCUT2D eigenvalue weighted by molar-refractivity contribution is -0.138. The molecule has 3 nitrogen and oxygen atoms in total. The first-order valence-corrected chi connectivity index (χ1v) is 4.75. The largest absolute Gasteiger partial charge is 0.504 e. The molecule has 0 aliphatic rings. The number of phenols is 1. The fraction of sp³-hybridized carbons (Fsp3) is 0.273. The smallest absolute Gasteiger partial charge is 0.420 e. The summed E-state index contributed by atoms with van der Waals surface area (Å²) in [5.74, 6) is -1.14. The predicted molar refractivity (Wildman–Crippen MR) is 57.7 cm³/mol. The van der Waals surface area contributed by atoms with Gasteiger partial charge in [-0.1, -0.05) is 18.2 Å². The van der Waals surface area contributed by atoms with Crippen molar-refractivity contribution < 1.29 is 23.0 Å². The van der Waals surface area contributed by atoms with Crippen LogP contribution in [0.2, 0.25) is 0 Å². The van der Waals surface area contributed by atoms with Gasteiger partial charge < -0.3 is 15.6 Å². The summed E-state index contributed by atoms with van der Waals surface area (Å²) >= 11 is 0. The van der Waals surface area contributed by atoms with Crippen molar-refractivity contribution in [1.82, 2.24) is 0 Å². The minimum atomic E-state index is -4.57. The maximum Gasteiger partial charge on any atom is 0.420 e. The normalized spacial score (nSPS) is 12.1. The second-order valence-corrected chi connectivity index (χ2v) is 3.22. The van der Waals surface area contributed by atoms with E-state index < -0.39 is 23.2 Å². The highest BCUT2D eigenvalue weighted by Crippen LogP contribution is 2.42. The second-order valence-electron chi connectivity index (χ2n) is 3.22. The zero-order valence-corrected chi connectivity index (χ0v) is 9.08. The van der Waals surface area contributed by atoms with Crippen molar-refractivity contribution in [1.29, 1.82) is 0 Å². The van der Waals surface area contributed by atoms with Gasteiger partial charge >= 0.3 is 6.18 Å². The lowest BCUT2D eigenvalue weighted by Gasteiger charge is -2.14. The van der Waals surface area contributed by atoms with E-state index in [0.717, 1.165) is 19.2 Å². The van der Waals surface area contributed by atoms with Gasteiger partial charge in [-0.3, -0.25) is 0 Å². The number of nitrogens with two attached hydrogens (primary N) is 1. The number of halogens is 3. The molecule has 0 aromatic heterocycles. The van der Waals surface area contributed by atoms with E-state index in [1.165, 1.54) is 12.2 Å². The summed E-state index contributed by atoms with van der Waals surface area (Å²) in [5, 5.41) is 9.64. The number of alkyl halides is 3. The van der Waals surface area contributed by atoms with Crippen molar-refractivity contribution in [2.24, 2.45) is 5.73 Å². The van der Waals surface area contributed by atoms with Crippen molar-refractivity contribution in [3.63, 3.8) is 0 Å². The number of methoxy groups -OCH3 is 1. The minimum absolute atomic E-state index is 0.223. The van der Waals surface area contributed by atoms with E-state index in [2.05, 4.69) is 4.74 Å². The number of phenolic OH excluding ortho intramolecular Hbond substituents is 1. The predicted octanol–water partition coefficient (Wildman–Crippen LogP) is 2.39. The molecule has 1 aromatic carbocycles. The van der Waals surface area contributed by atoms with Crippen LogP contribution in [0.15, 0.2) is 18.2 Å². The molecular weight excluding hydrogens is 235 g/mol. The first-order chi connectivity index (χ1) is 7.91. The molecule has 94 valence electrons. The van der Waals surface area contributed by atoms with Crippen molar-refractivity contribution in [3.8, 4) is 11.5 Å². The Hall–Kier alpha value is -1.69. The summed E-state index contributed by atoms with van der Waals surface area (Å²) in [4.78, 5) is 0. The Kier molecular flexibility index (Phi) is 4.01. The van der Waals surface area contributed by atoms with Gasteiger partial charge in [0.1, 0.15) is 5.56 Å². The Labute approximate surface area is 96.3 Å². The molecule has 0 heterocycles. The maximum absolute atomic E-state index is 12.6. The molecule has 6 heteroatoms. The zero-order chi connectivity index (χ0) is 13.1. The van der Waals surface area contributed by atoms with Crippen molar-refractivity contribution >= 4 is 6.08 Å². The molecule has 0 amide bonds. The first kappa shape index (κ1) is 13.4. The Morgan fingerprint density at radius 3 is 2.53 bits per heavy atom. The van der Waals surface area contributed by atoms with Crippen molar-refractivity contribution in [2.75, 3.05) is 13.7 Å². The molecule has 0 aliphatic carbocycles. The Morgan fingerprint density at radius 1 is 1.41 bits per heavy atom. The summed E-state index contributed by atoms with van der Waals surface area (Å²) < 4.78 is 42.3. The van der Waals surface area contributed by atoms with Crippen LogP contribution >= 0.6 is 0 Å². The van der Waals surface area contributed by atoms with Crippen LogP contribution in [0.1, 0.15) is 11.1 Å². The number of aromatic hydroxyl groups is 1. The third kappa shape index (κ3) is 2.91. The molecule has 1 aromatic rings. The van der Waals surface area contributed by atoms with Crippen LogP contribution < -0.4 is 10.5 Å². The molecule has 0 aliphatic heterocycles. The minimum Gasteiger partial charge on any atom is -0.504 e. The third-order valence-corrected chi connectivity index (χ3v) is 2.11. The van der Waals surface area contributed by atoms with Crippen LogP contribution in [0.25, 0.3) is 6.08 Å². The number of hydrogen-bond acceptors (Lipinski definition) is 3. The summed E-state index contributed by atoms with van der Waals surface area (Å²) in [6.07, 6.45) is -1.63. The van der Waals surface area contributed by atoms with Crippen LogP contribution in [-0.2, 0) is 6.18 Å². The fourth-order valence-electron chi connectivity index (χ4n) is 1.35. The monoisotopic (exact) mass is 247 g/mol. The van der Waals surface area contributed by atoms with Crippen LogP contribution in [0, 0.1) is 0 Å². The lowest BCUT2D eigenvalue weighted by Crippen LogP contribution is -2.07. The molecule has 0 radical (unpaired) electrons. The zero-order valence-electron chi connectivity index (χ0n) is 9.08. The molecule has 1 rings (SSSR count). The van der Waals surface area contributed by atoms with Gasteiger partial charge in [0.2, 0.25) is 0 Å². The van der Waals surface area contributed by atoms with Crippen LogP contribution in [0.4, 0.5) is 13.2 Å². The highest BCUT2D eigenvalue weighted by molar-refractivity contribution is 5.64. The number of benzene rings is 1. The number of rotatable bonds is 3. The number of hydrogen-bond donors (Lipinski definition) is 2. The fourth-order valence-corrected chi connectivity index (χ4v) is 1.35. The Balaban J connectivity index is 3.32. The van der Waals surface area contributed by atoms with Crippen LogP contribution in [-0.4, -0.2) is 18.8 Å². The SMILES string of the molecule is COc1c(C(F)(F)F)ccc(/C=C/CN)c1O. The molecule has 0 fully saturated rings. The Bertz CT molecular complexity index is 427. The molecule has 0 atom stereocenters. The second kappa shape index (κ2) is 5.09. The van der Waals surface area contributed by atoms with E-state index >= 15 is 0 Å². The number of ether oxygens (including phenoxy) is 1. The highest BCUT2D eigenvalue weighted by atomic mass is 19.4. The van der Waals surface area contributed by atoms with Gasteiger partial charge in [0.05, 0.1) is 7.11 Å². The van der Waals surface area contributed by atoms with Crippen LogP contribution in [0.3, 0.4) is 0 Å². The molecule has 17 heavy (non-hydrogen) atoms. The molecule has 0 bridgehead atoms. The maximum atomic E-state index is 12.6. The summed E-state index contributed by atoms with van der Waals surface area (Å²) in [7, 11) is 1.07. The topological polar surface area (TPSA) is 55.5 Å². The van der Waals surface area contributed by atoms with Gasteiger partial charge in [0.25, 0.3) is 0 Å². The van der Waals surface area contributed by atoms with Gasteiger partial charge in [-0.25, -0.2) is 0 Å². The van der Waals surface area contributed by atoms with Crippen molar-refractivity contribution in [3.05, 3.63) is 29.3 Å². The third-order valence-electron chi connectivity index (χ3n) is 2.11. The van der Waals surface area contributed by atoms with Gasteiger partial charge in [-0.2, -0.15) is 13.2 Å². The summed E-state index contributed by atoms with van der Waals surface area (Å²) in [6.45, 7) is 0.225. The van der Waals surface area contributed by atoms with Crippen LogP contribution in [0.5, 0.6) is 11.5 Å². The van der Waals surface area contributed by atoms with Gasteiger partial charge in [-0.15, -0.1) is 0 Å². The first-order valence-electron chi connectivity index (χ1n) is 4.75. The van der Waals surface area contributed by atoms with E-state index in [0.29, 0.717) is 0 Å². The van der Waals surface area contributed by atoms with Gasteiger partial charge in [0.15, 0.2) is 11.5 Å². The average Bonchev–Trinajstić information content (AvgIpc) is 2.25. The van der Waals surface area contributed by atoms with E-state index in [-0.39, 0.29) is 12.1 Å². The van der Waals surface area contributed by atoms with Gasteiger partial charge in [0, 0.05) is 12.1 Å². The van der Waals surface area contributed by atoms with E-state index in [1.54, 1.807) is 0 Å².